The molecule has 0 amide bonds. The van der Waals surface area contributed by atoms with E-state index in [4.69, 9.17) is 18.9 Å². The van der Waals surface area contributed by atoms with E-state index in [9.17, 15) is 9.59 Å². The van der Waals surface area contributed by atoms with Gasteiger partial charge in [-0.3, -0.25) is 9.59 Å². The monoisotopic (exact) mass is 358 g/mol. The first kappa shape index (κ1) is 19.3. The molecule has 0 saturated heterocycles. The molecular formula is C20H22O6. The molecule has 26 heavy (non-hydrogen) atoms. The maximum absolute atomic E-state index is 11.8. The maximum atomic E-state index is 11.8. The molecule has 0 aliphatic carbocycles. The number of benzene rings is 2. The van der Waals surface area contributed by atoms with Crippen LogP contribution in [-0.4, -0.2) is 24.5 Å². The largest absolute Gasteiger partial charge is 0.455 e. The predicted octanol–water partition coefficient (Wildman–Crippen LogP) is 3.70. The van der Waals surface area contributed by atoms with E-state index < -0.39 is 24.5 Å². The molecule has 2 atom stereocenters. The standard InChI is InChI=1S/C20H22O6/c1-15(23-17-9-5-3-6-10-17)25-19(21)13-14-20(22)26-16(2)24-18-11-7-4-8-12-18/h3-12,15-16H,13-14H2,1-2H3. The van der Waals surface area contributed by atoms with Gasteiger partial charge in [-0.1, -0.05) is 36.4 Å². The molecule has 0 aliphatic rings. The van der Waals surface area contributed by atoms with E-state index in [1.54, 1.807) is 38.1 Å². The van der Waals surface area contributed by atoms with E-state index in [1.165, 1.54) is 0 Å². The van der Waals surface area contributed by atoms with E-state index in [0.717, 1.165) is 0 Å². The van der Waals surface area contributed by atoms with E-state index in [-0.39, 0.29) is 12.8 Å². The molecule has 0 N–H and O–H groups in total. The van der Waals surface area contributed by atoms with Crippen LogP contribution >= 0.6 is 0 Å². The van der Waals surface area contributed by atoms with Gasteiger partial charge in [-0.2, -0.15) is 0 Å². The van der Waals surface area contributed by atoms with Gasteiger partial charge in [-0.05, 0) is 24.3 Å². The molecule has 0 spiro atoms. The third kappa shape index (κ3) is 7.25. The lowest BCUT2D eigenvalue weighted by Gasteiger charge is -2.16. The second-order valence-corrected chi connectivity index (χ2v) is 5.48. The fourth-order valence-electron chi connectivity index (χ4n) is 2.12. The quantitative estimate of drug-likeness (QED) is 0.503. The number of rotatable bonds is 9. The summed E-state index contributed by atoms with van der Waals surface area (Å²) in [4.78, 5) is 23.6. The smallest absolute Gasteiger partial charge is 0.309 e. The van der Waals surface area contributed by atoms with Crippen molar-refractivity contribution in [2.45, 2.75) is 39.3 Å². The molecule has 0 aliphatic heterocycles. The fraction of sp³-hybridized carbons (Fsp3) is 0.300. The van der Waals surface area contributed by atoms with Crippen LogP contribution in [0.2, 0.25) is 0 Å². The van der Waals surface area contributed by atoms with E-state index in [1.807, 2.05) is 36.4 Å². The number of carbonyl (C=O) groups is 2. The highest BCUT2D eigenvalue weighted by molar-refractivity contribution is 5.77. The summed E-state index contributed by atoms with van der Waals surface area (Å²) in [6.07, 6.45) is -1.69. The van der Waals surface area contributed by atoms with Crippen molar-refractivity contribution in [1.82, 2.24) is 0 Å². The lowest BCUT2D eigenvalue weighted by molar-refractivity contribution is -0.168. The molecule has 0 saturated carbocycles. The minimum absolute atomic E-state index is 0.0978. The third-order valence-electron chi connectivity index (χ3n) is 3.22. The van der Waals surface area contributed by atoms with Crippen LogP contribution in [0.1, 0.15) is 26.7 Å². The van der Waals surface area contributed by atoms with Crippen LogP contribution in [0.5, 0.6) is 11.5 Å². The number of carbonyl (C=O) groups excluding carboxylic acids is 2. The van der Waals surface area contributed by atoms with Gasteiger partial charge >= 0.3 is 11.9 Å². The number of para-hydroxylation sites is 2. The first-order chi connectivity index (χ1) is 12.5. The average Bonchev–Trinajstić information content (AvgIpc) is 2.61. The van der Waals surface area contributed by atoms with Gasteiger partial charge in [0.25, 0.3) is 0 Å². The summed E-state index contributed by atoms with van der Waals surface area (Å²) < 4.78 is 21.1. The molecule has 2 rings (SSSR count). The molecule has 138 valence electrons. The molecule has 2 unspecified atom stereocenters. The highest BCUT2D eigenvalue weighted by Gasteiger charge is 2.16. The Morgan fingerprint density at radius 3 is 1.38 bits per heavy atom. The Labute approximate surface area is 152 Å². The van der Waals surface area contributed by atoms with Crippen molar-refractivity contribution in [1.29, 1.82) is 0 Å². The van der Waals surface area contributed by atoms with Crippen molar-refractivity contribution in [3.63, 3.8) is 0 Å². The van der Waals surface area contributed by atoms with Gasteiger partial charge in [0.05, 0.1) is 12.8 Å². The number of esters is 2. The Balaban J connectivity index is 1.65. The second kappa shape index (κ2) is 10.1. The highest BCUT2D eigenvalue weighted by atomic mass is 16.7. The molecule has 0 heterocycles. The average molecular weight is 358 g/mol. The molecular weight excluding hydrogens is 336 g/mol. The Kier molecular flexibility index (Phi) is 7.49. The van der Waals surface area contributed by atoms with Crippen LogP contribution in [0, 0.1) is 0 Å². The first-order valence-corrected chi connectivity index (χ1v) is 8.35. The number of hydrogen-bond donors (Lipinski definition) is 0. The number of ether oxygens (including phenoxy) is 4. The van der Waals surface area contributed by atoms with E-state index in [2.05, 4.69) is 0 Å². The Morgan fingerprint density at radius 2 is 1.04 bits per heavy atom. The molecule has 2 aromatic rings. The second-order valence-electron chi connectivity index (χ2n) is 5.48. The summed E-state index contributed by atoms with van der Waals surface area (Å²) in [5, 5.41) is 0. The van der Waals surface area contributed by atoms with Crippen LogP contribution in [0.25, 0.3) is 0 Å². The molecule has 2 aromatic carbocycles. The topological polar surface area (TPSA) is 71.1 Å². The van der Waals surface area contributed by atoms with Gasteiger partial charge in [0, 0.05) is 13.8 Å². The van der Waals surface area contributed by atoms with Crippen LogP contribution in [0.4, 0.5) is 0 Å². The molecule has 0 fully saturated rings. The molecule has 6 nitrogen and oxygen atoms in total. The molecule has 0 radical (unpaired) electrons. The summed E-state index contributed by atoms with van der Waals surface area (Å²) in [5.41, 5.74) is 0. The van der Waals surface area contributed by atoms with Crippen LogP contribution in [-0.2, 0) is 19.1 Å². The Hall–Kier alpha value is -3.02. The van der Waals surface area contributed by atoms with Gasteiger partial charge in [-0.25, -0.2) is 0 Å². The molecule has 6 heteroatoms. The van der Waals surface area contributed by atoms with E-state index >= 15 is 0 Å². The van der Waals surface area contributed by atoms with Crippen molar-refractivity contribution < 1.29 is 28.5 Å². The van der Waals surface area contributed by atoms with Gasteiger partial charge in [0.2, 0.25) is 12.6 Å². The van der Waals surface area contributed by atoms with Crippen LogP contribution in [0.15, 0.2) is 60.7 Å². The Bertz CT molecular complexity index is 624. The lowest BCUT2D eigenvalue weighted by atomic mass is 10.3. The fourth-order valence-corrected chi connectivity index (χ4v) is 2.12. The zero-order valence-corrected chi connectivity index (χ0v) is 14.8. The third-order valence-corrected chi connectivity index (χ3v) is 3.22. The van der Waals surface area contributed by atoms with Gasteiger partial charge < -0.3 is 18.9 Å². The summed E-state index contributed by atoms with van der Waals surface area (Å²) >= 11 is 0. The summed E-state index contributed by atoms with van der Waals surface area (Å²) in [6, 6.07) is 18.0. The summed E-state index contributed by atoms with van der Waals surface area (Å²) in [6.45, 7) is 3.22. The normalized spacial score (nSPS) is 12.5. The van der Waals surface area contributed by atoms with Crippen molar-refractivity contribution in [3.8, 4) is 11.5 Å². The lowest BCUT2D eigenvalue weighted by Crippen LogP contribution is -2.23. The highest BCUT2D eigenvalue weighted by Crippen LogP contribution is 2.13. The summed E-state index contributed by atoms with van der Waals surface area (Å²) in [5.74, 6) is 0.113. The van der Waals surface area contributed by atoms with Crippen molar-refractivity contribution in [2.75, 3.05) is 0 Å². The zero-order valence-electron chi connectivity index (χ0n) is 14.8. The zero-order chi connectivity index (χ0) is 18.8. The Morgan fingerprint density at radius 1 is 0.692 bits per heavy atom. The SMILES string of the molecule is CC(OC(=O)CCC(=O)OC(C)Oc1ccccc1)Oc1ccccc1. The molecule has 0 aromatic heterocycles. The van der Waals surface area contributed by atoms with Gasteiger partial charge in [0.15, 0.2) is 0 Å². The first-order valence-electron chi connectivity index (χ1n) is 8.35. The van der Waals surface area contributed by atoms with E-state index in [0.29, 0.717) is 11.5 Å². The van der Waals surface area contributed by atoms with Crippen LogP contribution in [0.3, 0.4) is 0 Å². The van der Waals surface area contributed by atoms with Gasteiger partial charge in [-0.15, -0.1) is 0 Å². The van der Waals surface area contributed by atoms with Crippen molar-refractivity contribution >= 4 is 11.9 Å². The molecule has 0 bridgehead atoms. The number of hydrogen-bond acceptors (Lipinski definition) is 6. The van der Waals surface area contributed by atoms with Gasteiger partial charge in [0.1, 0.15) is 11.5 Å². The summed E-state index contributed by atoms with van der Waals surface area (Å²) in [7, 11) is 0. The van der Waals surface area contributed by atoms with Crippen LogP contribution < -0.4 is 9.47 Å². The van der Waals surface area contributed by atoms with Crippen molar-refractivity contribution in [2.24, 2.45) is 0 Å². The maximum Gasteiger partial charge on any atom is 0.309 e. The predicted molar refractivity (Wildman–Crippen MR) is 94.5 cm³/mol. The van der Waals surface area contributed by atoms with Crippen molar-refractivity contribution in [3.05, 3.63) is 60.7 Å². The minimum atomic E-state index is -0.749. The minimum Gasteiger partial charge on any atom is -0.455 e.